The van der Waals surface area contributed by atoms with Gasteiger partial charge in [0.15, 0.2) is 0 Å². The Morgan fingerprint density at radius 3 is 3.00 bits per heavy atom. The van der Waals surface area contributed by atoms with Crippen molar-refractivity contribution in [3.63, 3.8) is 0 Å². The van der Waals surface area contributed by atoms with E-state index in [1.165, 1.54) is 12.5 Å². The molecule has 1 aromatic carbocycles. The first-order valence-electron chi connectivity index (χ1n) is 7.40. The molecule has 21 heavy (non-hydrogen) atoms. The minimum atomic E-state index is -0.292. The molecular formula is C16H22ClFN2O. The van der Waals surface area contributed by atoms with E-state index < -0.39 is 0 Å². The number of halogens is 2. The van der Waals surface area contributed by atoms with Crippen LogP contribution in [0.15, 0.2) is 18.2 Å². The largest absolute Gasteiger partial charge is 0.325 e. The molecule has 1 saturated heterocycles. The Balaban J connectivity index is 0.00000161. The first kappa shape index (κ1) is 16.2. The number of rotatable bonds is 2. The number of amides is 1. The van der Waals surface area contributed by atoms with Crippen molar-refractivity contribution in [1.82, 2.24) is 5.32 Å². The van der Waals surface area contributed by atoms with Crippen LogP contribution in [0.1, 0.15) is 31.2 Å². The van der Waals surface area contributed by atoms with Crippen LogP contribution in [0.2, 0.25) is 0 Å². The Morgan fingerprint density at radius 2 is 2.24 bits per heavy atom. The zero-order chi connectivity index (χ0) is 14.2. The minimum absolute atomic E-state index is 0. The number of hydrogen-bond acceptors (Lipinski definition) is 2. The molecule has 2 aliphatic rings. The second-order valence-corrected chi connectivity index (χ2v) is 6.15. The van der Waals surface area contributed by atoms with E-state index in [0.717, 1.165) is 32.4 Å². The molecule has 0 spiro atoms. The predicted octanol–water partition coefficient (Wildman–Crippen LogP) is 3.27. The first-order chi connectivity index (χ1) is 9.62. The van der Waals surface area contributed by atoms with Crippen molar-refractivity contribution in [3.05, 3.63) is 29.6 Å². The molecule has 2 fully saturated rings. The van der Waals surface area contributed by atoms with Gasteiger partial charge in [-0.05, 0) is 49.9 Å². The molecule has 1 aliphatic heterocycles. The Labute approximate surface area is 131 Å². The monoisotopic (exact) mass is 312 g/mol. The summed E-state index contributed by atoms with van der Waals surface area (Å²) in [7, 11) is 0. The van der Waals surface area contributed by atoms with Gasteiger partial charge in [0, 0.05) is 12.2 Å². The Morgan fingerprint density at radius 1 is 1.43 bits per heavy atom. The van der Waals surface area contributed by atoms with Gasteiger partial charge in [-0.1, -0.05) is 18.9 Å². The van der Waals surface area contributed by atoms with Crippen molar-refractivity contribution in [3.8, 4) is 0 Å². The number of fused-ring (bicyclic) bond motifs is 1. The number of nitrogens with one attached hydrogen (secondary N) is 2. The van der Waals surface area contributed by atoms with Crippen molar-refractivity contribution in [1.29, 1.82) is 0 Å². The number of benzene rings is 1. The molecule has 116 valence electrons. The van der Waals surface area contributed by atoms with E-state index in [-0.39, 0.29) is 29.5 Å². The topological polar surface area (TPSA) is 41.1 Å². The zero-order valence-corrected chi connectivity index (χ0v) is 13.1. The van der Waals surface area contributed by atoms with Crippen LogP contribution in [-0.2, 0) is 4.79 Å². The van der Waals surface area contributed by atoms with E-state index >= 15 is 0 Å². The summed E-state index contributed by atoms with van der Waals surface area (Å²) in [5.74, 6) is 0.201. The third-order valence-electron chi connectivity index (χ3n) is 4.92. The van der Waals surface area contributed by atoms with Crippen LogP contribution in [0, 0.1) is 24.1 Å². The van der Waals surface area contributed by atoms with Crippen molar-refractivity contribution in [2.75, 3.05) is 18.4 Å². The lowest BCUT2D eigenvalue weighted by Gasteiger charge is -2.37. The first-order valence-corrected chi connectivity index (χ1v) is 7.40. The lowest BCUT2D eigenvalue weighted by molar-refractivity contribution is -0.128. The summed E-state index contributed by atoms with van der Waals surface area (Å²) in [5.41, 5.74) is 0.863. The van der Waals surface area contributed by atoms with E-state index in [9.17, 15) is 9.18 Å². The van der Waals surface area contributed by atoms with Gasteiger partial charge in [-0.25, -0.2) is 4.39 Å². The number of carbonyl (C=O) groups excluding carboxylic acids is 1. The standard InChI is InChI=1S/C16H21FN2O.ClH/c1-11-5-6-13(8-14(11)17)19-15(20)16-7-3-2-4-12(16)9-18-10-16;/h5-6,8,12,18H,2-4,7,9-10H2,1H3,(H,19,20);1H/t12-,16+;/m0./s1. The molecule has 0 bridgehead atoms. The van der Waals surface area contributed by atoms with Crippen molar-refractivity contribution < 1.29 is 9.18 Å². The van der Waals surface area contributed by atoms with Crippen LogP contribution in [0.4, 0.5) is 10.1 Å². The lowest BCUT2D eigenvalue weighted by atomic mass is 9.67. The van der Waals surface area contributed by atoms with Crippen LogP contribution in [0.3, 0.4) is 0 Å². The summed E-state index contributed by atoms with van der Waals surface area (Å²) >= 11 is 0. The number of carbonyl (C=O) groups is 1. The van der Waals surface area contributed by atoms with E-state index in [1.54, 1.807) is 19.1 Å². The van der Waals surface area contributed by atoms with Crippen molar-refractivity contribution >= 4 is 24.0 Å². The third kappa shape index (κ3) is 2.92. The summed E-state index contributed by atoms with van der Waals surface area (Å²) in [6, 6.07) is 4.88. The lowest BCUT2D eigenvalue weighted by Crippen LogP contribution is -2.44. The minimum Gasteiger partial charge on any atom is -0.325 e. The van der Waals surface area contributed by atoms with E-state index in [1.807, 2.05) is 0 Å². The highest BCUT2D eigenvalue weighted by atomic mass is 35.5. The normalized spacial score (nSPS) is 27.6. The van der Waals surface area contributed by atoms with Crippen LogP contribution < -0.4 is 10.6 Å². The summed E-state index contributed by atoms with van der Waals surface area (Å²) in [6.45, 7) is 3.39. The van der Waals surface area contributed by atoms with E-state index in [2.05, 4.69) is 10.6 Å². The fraction of sp³-hybridized carbons (Fsp3) is 0.562. The van der Waals surface area contributed by atoms with E-state index in [0.29, 0.717) is 17.2 Å². The predicted molar refractivity (Wildman–Crippen MR) is 84.3 cm³/mol. The molecule has 3 rings (SSSR count). The molecule has 1 aromatic rings. The van der Waals surface area contributed by atoms with Crippen molar-refractivity contribution in [2.45, 2.75) is 32.6 Å². The number of anilines is 1. The maximum atomic E-state index is 13.6. The van der Waals surface area contributed by atoms with Gasteiger partial charge in [-0.3, -0.25) is 4.79 Å². The highest BCUT2D eigenvalue weighted by molar-refractivity contribution is 5.96. The molecule has 1 heterocycles. The average Bonchev–Trinajstić information content (AvgIpc) is 2.88. The van der Waals surface area contributed by atoms with Gasteiger partial charge in [-0.2, -0.15) is 0 Å². The SMILES string of the molecule is Cc1ccc(NC(=O)[C@@]23CCCC[C@H]2CNC3)cc1F.Cl. The van der Waals surface area contributed by atoms with Crippen LogP contribution in [-0.4, -0.2) is 19.0 Å². The second-order valence-electron chi connectivity index (χ2n) is 6.15. The molecule has 0 aromatic heterocycles. The van der Waals surface area contributed by atoms with Gasteiger partial charge in [0.05, 0.1) is 5.41 Å². The molecular weight excluding hydrogens is 291 g/mol. The smallest absolute Gasteiger partial charge is 0.232 e. The molecule has 2 N–H and O–H groups in total. The number of aryl methyl sites for hydroxylation is 1. The van der Waals surface area contributed by atoms with Crippen LogP contribution in [0.5, 0.6) is 0 Å². The van der Waals surface area contributed by atoms with Gasteiger partial charge in [0.2, 0.25) is 5.91 Å². The Hall–Kier alpha value is -1.13. The second kappa shape index (κ2) is 6.32. The van der Waals surface area contributed by atoms with Gasteiger partial charge < -0.3 is 10.6 Å². The third-order valence-corrected chi connectivity index (χ3v) is 4.92. The summed E-state index contributed by atoms with van der Waals surface area (Å²) in [6.07, 6.45) is 4.36. The Bertz CT molecular complexity index is 537. The molecule has 1 saturated carbocycles. The number of hydrogen-bond donors (Lipinski definition) is 2. The van der Waals surface area contributed by atoms with Gasteiger partial charge in [-0.15, -0.1) is 12.4 Å². The molecule has 1 aliphatic carbocycles. The zero-order valence-electron chi connectivity index (χ0n) is 12.2. The highest BCUT2D eigenvalue weighted by Gasteiger charge is 2.49. The molecule has 0 unspecified atom stereocenters. The maximum absolute atomic E-state index is 13.6. The molecule has 0 radical (unpaired) electrons. The fourth-order valence-corrected chi connectivity index (χ4v) is 3.62. The van der Waals surface area contributed by atoms with Gasteiger partial charge in [0.1, 0.15) is 5.82 Å². The van der Waals surface area contributed by atoms with Gasteiger partial charge in [0.25, 0.3) is 0 Å². The molecule has 1 amide bonds. The highest BCUT2D eigenvalue weighted by Crippen LogP contribution is 2.44. The van der Waals surface area contributed by atoms with Crippen LogP contribution in [0.25, 0.3) is 0 Å². The fourth-order valence-electron chi connectivity index (χ4n) is 3.62. The van der Waals surface area contributed by atoms with Crippen molar-refractivity contribution in [2.24, 2.45) is 11.3 Å². The molecule has 5 heteroatoms. The quantitative estimate of drug-likeness (QED) is 0.880. The van der Waals surface area contributed by atoms with Crippen LogP contribution >= 0.6 is 12.4 Å². The summed E-state index contributed by atoms with van der Waals surface area (Å²) < 4.78 is 13.6. The maximum Gasteiger partial charge on any atom is 0.232 e. The molecule has 3 nitrogen and oxygen atoms in total. The Kier molecular flexibility index (Phi) is 4.89. The molecule has 2 atom stereocenters. The summed E-state index contributed by atoms with van der Waals surface area (Å²) in [5, 5.41) is 6.28. The van der Waals surface area contributed by atoms with Gasteiger partial charge >= 0.3 is 0 Å². The average molecular weight is 313 g/mol. The van der Waals surface area contributed by atoms with E-state index in [4.69, 9.17) is 0 Å². The summed E-state index contributed by atoms with van der Waals surface area (Å²) in [4.78, 5) is 12.7.